The minimum Gasteiger partial charge on any atom is -0.486 e. The summed E-state index contributed by atoms with van der Waals surface area (Å²) < 4.78 is 35.8. The average molecular weight is 415 g/mol. The van der Waals surface area contributed by atoms with Crippen LogP contribution in [0.2, 0.25) is 0 Å². The summed E-state index contributed by atoms with van der Waals surface area (Å²) in [5.41, 5.74) is 1.21. The van der Waals surface area contributed by atoms with Gasteiger partial charge in [0.05, 0.1) is 17.8 Å². The topological polar surface area (TPSA) is 99.5 Å². The van der Waals surface area contributed by atoms with Crippen LogP contribution in [0.1, 0.15) is 10.4 Å². The van der Waals surface area contributed by atoms with Gasteiger partial charge in [0.1, 0.15) is 16.4 Å². The molecule has 8 nitrogen and oxygen atoms in total. The number of ether oxygens (including phenoxy) is 2. The summed E-state index contributed by atoms with van der Waals surface area (Å²) in [6, 6.07) is 12.7. The minimum absolute atomic E-state index is 0.0788. The Hall–Kier alpha value is -3.07. The van der Waals surface area contributed by atoms with Crippen LogP contribution < -0.4 is 14.8 Å². The van der Waals surface area contributed by atoms with Gasteiger partial charge in [0.25, 0.3) is 5.91 Å². The van der Waals surface area contributed by atoms with E-state index in [2.05, 4.69) is 10.4 Å². The third kappa shape index (κ3) is 4.68. The molecule has 3 aromatic rings. The highest BCUT2D eigenvalue weighted by atomic mass is 32.2. The minimum atomic E-state index is -3.12. The van der Waals surface area contributed by atoms with Crippen molar-refractivity contribution in [2.45, 2.75) is 12.6 Å². The summed E-state index contributed by atoms with van der Waals surface area (Å²) >= 11 is 0. The Bertz CT molecular complexity index is 1160. The van der Waals surface area contributed by atoms with Gasteiger partial charge in [-0.05, 0) is 30.3 Å². The Balaban J connectivity index is 1.43. The first-order valence-electron chi connectivity index (χ1n) is 9.19. The van der Waals surface area contributed by atoms with Crippen molar-refractivity contribution >= 4 is 26.6 Å². The zero-order chi connectivity index (χ0) is 20.4. The first-order valence-corrected chi connectivity index (χ1v) is 11.2. The van der Waals surface area contributed by atoms with Crippen molar-refractivity contribution in [2.24, 2.45) is 0 Å². The van der Waals surface area contributed by atoms with Gasteiger partial charge < -0.3 is 14.8 Å². The monoisotopic (exact) mass is 415 g/mol. The van der Waals surface area contributed by atoms with Crippen LogP contribution in [0.4, 0.5) is 0 Å². The summed E-state index contributed by atoms with van der Waals surface area (Å²) in [7, 11) is -3.12. The van der Waals surface area contributed by atoms with E-state index in [1.807, 2.05) is 30.5 Å². The molecule has 9 heteroatoms. The zero-order valence-corrected chi connectivity index (χ0v) is 16.7. The molecular formula is C20H21N3O5S. The Morgan fingerprint density at radius 3 is 2.83 bits per heavy atom. The van der Waals surface area contributed by atoms with Crippen LogP contribution in [0.3, 0.4) is 0 Å². The molecular weight excluding hydrogens is 394 g/mol. The van der Waals surface area contributed by atoms with E-state index in [4.69, 9.17) is 9.47 Å². The van der Waals surface area contributed by atoms with E-state index in [-0.39, 0.29) is 24.3 Å². The average Bonchev–Trinajstić information content (AvgIpc) is 3.08. The maximum Gasteiger partial charge on any atom is 0.251 e. The lowest BCUT2D eigenvalue weighted by molar-refractivity contribution is 0.0760. The van der Waals surface area contributed by atoms with Gasteiger partial charge in [0.15, 0.2) is 17.6 Å². The third-order valence-corrected chi connectivity index (χ3v) is 5.48. The maximum atomic E-state index is 12.2. The Morgan fingerprint density at radius 2 is 2.03 bits per heavy atom. The molecule has 0 spiro atoms. The van der Waals surface area contributed by atoms with E-state index >= 15 is 0 Å². The number of para-hydroxylation sites is 2. The highest BCUT2D eigenvalue weighted by Crippen LogP contribution is 2.31. The standard InChI is InChI=1S/C20H21N3O5S/c1-29(25,26)9-8-21-20(24)14-6-7-17-15(10-14)11-23(22-17)12-16-13-27-18-4-2-3-5-19(18)28-16/h2-7,10-11,16H,8-9,12-13H2,1H3,(H,21,24). The van der Waals surface area contributed by atoms with Gasteiger partial charge in [0, 0.05) is 29.9 Å². The molecule has 1 N–H and O–H groups in total. The van der Waals surface area contributed by atoms with Crippen LogP contribution in [0.25, 0.3) is 10.9 Å². The second-order valence-corrected chi connectivity index (χ2v) is 9.27. The molecule has 1 aromatic heterocycles. The summed E-state index contributed by atoms with van der Waals surface area (Å²) in [4.78, 5) is 12.2. The fraction of sp³-hybridized carbons (Fsp3) is 0.300. The number of carbonyl (C=O) groups is 1. The molecule has 1 amide bonds. The van der Waals surface area contributed by atoms with Crippen molar-refractivity contribution in [1.82, 2.24) is 15.1 Å². The van der Waals surface area contributed by atoms with Crippen LogP contribution >= 0.6 is 0 Å². The summed E-state index contributed by atoms with van der Waals surface area (Å²) in [5, 5.41) is 7.97. The van der Waals surface area contributed by atoms with Crippen LogP contribution in [-0.4, -0.2) is 55.4 Å². The van der Waals surface area contributed by atoms with Gasteiger partial charge in [-0.25, -0.2) is 8.42 Å². The molecule has 1 atom stereocenters. The van der Waals surface area contributed by atoms with Gasteiger partial charge in [0.2, 0.25) is 0 Å². The lowest BCUT2D eigenvalue weighted by Gasteiger charge is -2.26. The van der Waals surface area contributed by atoms with Crippen LogP contribution in [0, 0.1) is 0 Å². The highest BCUT2D eigenvalue weighted by molar-refractivity contribution is 7.90. The van der Waals surface area contributed by atoms with Crippen molar-refractivity contribution in [3.63, 3.8) is 0 Å². The van der Waals surface area contributed by atoms with Gasteiger partial charge >= 0.3 is 0 Å². The summed E-state index contributed by atoms with van der Waals surface area (Å²) in [6.45, 7) is 1.02. The fourth-order valence-corrected chi connectivity index (χ4v) is 3.60. The Kier molecular flexibility index (Phi) is 5.14. The molecule has 2 aromatic carbocycles. The largest absolute Gasteiger partial charge is 0.486 e. The molecule has 152 valence electrons. The van der Waals surface area contributed by atoms with Gasteiger partial charge in [-0.15, -0.1) is 0 Å². The smallest absolute Gasteiger partial charge is 0.251 e. The van der Waals surface area contributed by atoms with Crippen molar-refractivity contribution in [3.05, 3.63) is 54.2 Å². The Morgan fingerprint density at radius 1 is 1.24 bits per heavy atom. The molecule has 0 radical (unpaired) electrons. The van der Waals surface area contributed by atoms with Crippen LogP contribution in [-0.2, 0) is 16.4 Å². The first kappa shape index (κ1) is 19.3. The molecule has 1 aliphatic heterocycles. The van der Waals surface area contributed by atoms with Crippen molar-refractivity contribution in [3.8, 4) is 11.5 Å². The number of rotatable bonds is 6. The number of hydrogen-bond donors (Lipinski definition) is 1. The molecule has 4 rings (SSSR count). The number of fused-ring (bicyclic) bond motifs is 2. The molecule has 29 heavy (non-hydrogen) atoms. The second kappa shape index (κ2) is 7.75. The van der Waals surface area contributed by atoms with E-state index in [1.165, 1.54) is 0 Å². The van der Waals surface area contributed by atoms with E-state index in [1.54, 1.807) is 22.9 Å². The highest BCUT2D eigenvalue weighted by Gasteiger charge is 2.21. The molecule has 0 fully saturated rings. The Labute approximate surface area is 168 Å². The molecule has 2 heterocycles. The number of aromatic nitrogens is 2. The summed E-state index contributed by atoms with van der Waals surface area (Å²) in [5.74, 6) is 1.05. The number of nitrogens with one attached hydrogen (secondary N) is 1. The van der Waals surface area contributed by atoms with E-state index in [0.29, 0.717) is 24.5 Å². The van der Waals surface area contributed by atoms with Gasteiger partial charge in [-0.1, -0.05) is 12.1 Å². The van der Waals surface area contributed by atoms with Crippen molar-refractivity contribution in [2.75, 3.05) is 25.2 Å². The third-order valence-electron chi connectivity index (χ3n) is 4.53. The lowest BCUT2D eigenvalue weighted by Crippen LogP contribution is -2.33. The number of amides is 1. The van der Waals surface area contributed by atoms with E-state index in [0.717, 1.165) is 22.9 Å². The number of sulfone groups is 1. The normalized spacial score (nSPS) is 16.0. The van der Waals surface area contributed by atoms with Crippen LogP contribution in [0.15, 0.2) is 48.7 Å². The molecule has 0 aliphatic carbocycles. The second-order valence-electron chi connectivity index (χ2n) is 7.01. The molecule has 0 saturated heterocycles. The molecule has 0 bridgehead atoms. The van der Waals surface area contributed by atoms with Gasteiger partial charge in [-0.3, -0.25) is 9.48 Å². The predicted octanol–water partition coefficient (Wildman–Crippen LogP) is 1.65. The predicted molar refractivity (Wildman–Crippen MR) is 108 cm³/mol. The first-order chi connectivity index (χ1) is 13.9. The number of hydrogen-bond acceptors (Lipinski definition) is 6. The SMILES string of the molecule is CS(=O)(=O)CCNC(=O)c1ccc2nn(CC3COc4ccccc4O3)cc2c1. The summed E-state index contributed by atoms with van der Waals surface area (Å²) in [6.07, 6.45) is 2.82. The lowest BCUT2D eigenvalue weighted by atomic mass is 10.1. The number of benzene rings is 2. The fourth-order valence-electron chi connectivity index (χ4n) is 3.13. The van der Waals surface area contributed by atoms with Crippen molar-refractivity contribution in [1.29, 1.82) is 0 Å². The number of carbonyl (C=O) groups excluding carboxylic acids is 1. The van der Waals surface area contributed by atoms with E-state index in [9.17, 15) is 13.2 Å². The van der Waals surface area contributed by atoms with Gasteiger partial charge in [-0.2, -0.15) is 5.10 Å². The quantitative estimate of drug-likeness (QED) is 0.657. The van der Waals surface area contributed by atoms with Crippen LogP contribution in [0.5, 0.6) is 11.5 Å². The molecule has 1 aliphatic rings. The zero-order valence-electron chi connectivity index (χ0n) is 15.9. The molecule has 1 unspecified atom stereocenters. The molecule has 0 saturated carbocycles. The maximum absolute atomic E-state index is 12.2. The van der Waals surface area contributed by atoms with E-state index < -0.39 is 9.84 Å². The van der Waals surface area contributed by atoms with Crippen molar-refractivity contribution < 1.29 is 22.7 Å². The number of nitrogens with zero attached hydrogens (tertiary/aromatic N) is 2.